The van der Waals surface area contributed by atoms with Gasteiger partial charge >= 0.3 is 0 Å². The molecule has 0 radical (unpaired) electrons. The summed E-state index contributed by atoms with van der Waals surface area (Å²) in [5.74, 6) is 1.18. The van der Waals surface area contributed by atoms with Gasteiger partial charge in [0, 0.05) is 36.6 Å². The lowest BCUT2D eigenvalue weighted by Gasteiger charge is -2.11. The molecule has 1 amide bonds. The topological polar surface area (TPSA) is 107 Å². The van der Waals surface area contributed by atoms with Crippen molar-refractivity contribution in [2.24, 2.45) is 7.05 Å². The second-order valence-electron chi connectivity index (χ2n) is 7.17. The number of anilines is 1. The van der Waals surface area contributed by atoms with E-state index in [4.69, 9.17) is 4.74 Å². The molecule has 0 aliphatic carbocycles. The Kier molecular flexibility index (Phi) is 6.53. The minimum Gasteiger partial charge on any atom is -0.496 e. The zero-order valence-electron chi connectivity index (χ0n) is 18.1. The highest BCUT2D eigenvalue weighted by molar-refractivity contribution is 5.95. The van der Waals surface area contributed by atoms with Crippen LogP contribution in [0.1, 0.15) is 21.7 Å². The van der Waals surface area contributed by atoms with Crippen molar-refractivity contribution in [3.05, 3.63) is 83.8 Å². The third kappa shape index (κ3) is 5.12. The predicted octanol–water partition coefficient (Wildman–Crippen LogP) is 2.96. The van der Waals surface area contributed by atoms with Crippen molar-refractivity contribution in [1.29, 1.82) is 0 Å². The number of hydrogen-bond acceptors (Lipinski definition) is 7. The first-order chi connectivity index (χ1) is 16.0. The second kappa shape index (κ2) is 9.86. The summed E-state index contributed by atoms with van der Waals surface area (Å²) in [6, 6.07) is 13.0. The average molecular weight is 447 g/mol. The van der Waals surface area contributed by atoms with Crippen molar-refractivity contribution >= 4 is 11.6 Å². The minimum absolute atomic E-state index is 0.141. The zero-order valence-corrected chi connectivity index (χ0v) is 18.1. The molecular weight excluding hydrogens is 425 g/mol. The smallest absolute Gasteiger partial charge is 0.251 e. The first kappa shape index (κ1) is 21.9. The summed E-state index contributed by atoms with van der Waals surface area (Å²) < 4.78 is 20.6. The van der Waals surface area contributed by atoms with Crippen molar-refractivity contribution in [1.82, 2.24) is 30.0 Å². The summed E-state index contributed by atoms with van der Waals surface area (Å²) in [5, 5.41) is 14.5. The predicted molar refractivity (Wildman–Crippen MR) is 120 cm³/mol. The van der Waals surface area contributed by atoms with Crippen molar-refractivity contribution in [3.63, 3.8) is 0 Å². The van der Waals surface area contributed by atoms with Crippen molar-refractivity contribution in [3.8, 4) is 17.3 Å². The molecule has 0 bridgehead atoms. The molecule has 2 N–H and O–H groups in total. The highest BCUT2D eigenvalue weighted by Gasteiger charge is 2.13. The lowest BCUT2D eigenvalue weighted by atomic mass is 10.1. The Morgan fingerprint density at radius 1 is 1.12 bits per heavy atom. The van der Waals surface area contributed by atoms with Gasteiger partial charge in [-0.3, -0.25) is 4.79 Å². The molecule has 0 saturated heterocycles. The van der Waals surface area contributed by atoms with E-state index in [9.17, 15) is 9.18 Å². The number of hydrogen-bond donors (Lipinski definition) is 2. The Bertz CT molecular complexity index is 1260. The number of amides is 1. The lowest BCUT2D eigenvalue weighted by Crippen LogP contribution is -2.23. The summed E-state index contributed by atoms with van der Waals surface area (Å²) in [7, 11) is 3.36. The molecule has 4 rings (SSSR count). The molecule has 0 spiro atoms. The molecule has 2 heterocycles. The summed E-state index contributed by atoms with van der Waals surface area (Å²) >= 11 is 0. The maximum absolute atomic E-state index is 13.5. The van der Waals surface area contributed by atoms with Crippen molar-refractivity contribution in [2.75, 3.05) is 12.4 Å². The van der Waals surface area contributed by atoms with E-state index < -0.39 is 5.82 Å². The SMILES string of the molecule is COc1ccc(F)cc1CNC(=O)c1cccc(NCc2nnc(-c3ccncn3)n2C)c1. The summed E-state index contributed by atoms with van der Waals surface area (Å²) in [6.45, 7) is 0.544. The van der Waals surface area contributed by atoms with E-state index in [1.165, 1.54) is 31.6 Å². The maximum Gasteiger partial charge on any atom is 0.251 e. The van der Waals surface area contributed by atoms with Crippen LogP contribution < -0.4 is 15.4 Å². The quantitative estimate of drug-likeness (QED) is 0.428. The van der Waals surface area contributed by atoms with Crippen LogP contribution in [0.5, 0.6) is 5.75 Å². The molecule has 33 heavy (non-hydrogen) atoms. The number of benzene rings is 2. The molecule has 0 fully saturated rings. The number of methoxy groups -OCH3 is 1. The van der Waals surface area contributed by atoms with E-state index >= 15 is 0 Å². The van der Waals surface area contributed by atoms with E-state index in [0.717, 1.165) is 5.69 Å². The summed E-state index contributed by atoms with van der Waals surface area (Å²) in [5.41, 5.74) is 2.45. The highest BCUT2D eigenvalue weighted by Crippen LogP contribution is 2.20. The number of carbonyl (C=O) groups excluding carboxylic acids is 1. The van der Waals surface area contributed by atoms with Gasteiger partial charge in [0.05, 0.1) is 13.7 Å². The molecular formula is C23H22FN7O2. The van der Waals surface area contributed by atoms with E-state index in [0.29, 0.717) is 40.8 Å². The molecule has 2 aromatic carbocycles. The molecule has 168 valence electrons. The Morgan fingerprint density at radius 2 is 2.00 bits per heavy atom. The van der Waals surface area contributed by atoms with Crippen LogP contribution in [0.3, 0.4) is 0 Å². The monoisotopic (exact) mass is 447 g/mol. The molecule has 0 aliphatic heterocycles. The Hall–Kier alpha value is -4.34. The fourth-order valence-corrected chi connectivity index (χ4v) is 3.28. The molecule has 9 nitrogen and oxygen atoms in total. The Balaban J connectivity index is 1.40. The fourth-order valence-electron chi connectivity index (χ4n) is 3.28. The number of aromatic nitrogens is 5. The third-order valence-electron chi connectivity index (χ3n) is 5.03. The van der Waals surface area contributed by atoms with Crippen molar-refractivity contribution in [2.45, 2.75) is 13.1 Å². The van der Waals surface area contributed by atoms with E-state index in [1.807, 2.05) is 17.7 Å². The average Bonchev–Trinajstić information content (AvgIpc) is 3.22. The molecule has 0 atom stereocenters. The van der Waals surface area contributed by atoms with Gasteiger partial charge in [0.1, 0.15) is 23.6 Å². The van der Waals surface area contributed by atoms with E-state index in [2.05, 4.69) is 30.8 Å². The maximum atomic E-state index is 13.5. The van der Waals surface area contributed by atoms with Gasteiger partial charge in [0.25, 0.3) is 5.91 Å². The van der Waals surface area contributed by atoms with Crippen LogP contribution in [-0.4, -0.2) is 37.7 Å². The van der Waals surface area contributed by atoms with E-state index in [-0.39, 0.29) is 12.5 Å². The van der Waals surface area contributed by atoms with Gasteiger partial charge in [-0.1, -0.05) is 6.07 Å². The normalized spacial score (nSPS) is 10.6. The molecule has 10 heteroatoms. The van der Waals surface area contributed by atoms with Crippen molar-refractivity contribution < 1.29 is 13.9 Å². The van der Waals surface area contributed by atoms with Gasteiger partial charge in [-0.15, -0.1) is 10.2 Å². The summed E-state index contributed by atoms with van der Waals surface area (Å²) in [4.78, 5) is 20.7. The number of rotatable bonds is 8. The van der Waals surface area contributed by atoms with Crippen LogP contribution in [0.2, 0.25) is 0 Å². The largest absolute Gasteiger partial charge is 0.496 e. The standard InChI is InChI=1S/C23H22FN7O2/c1-31-21(29-30-22(31)19-8-9-25-14-28-19)13-26-18-5-3-4-15(11-18)23(32)27-12-16-10-17(24)6-7-20(16)33-2/h3-11,14,26H,12-13H2,1-2H3,(H,27,32). The molecule has 0 saturated carbocycles. The zero-order chi connectivity index (χ0) is 23.2. The van der Waals surface area contributed by atoms with E-state index in [1.54, 1.807) is 30.5 Å². The number of nitrogens with one attached hydrogen (secondary N) is 2. The van der Waals surface area contributed by atoms with Gasteiger partial charge in [-0.05, 0) is 42.5 Å². The number of carbonyl (C=O) groups is 1. The van der Waals surface area contributed by atoms with Crippen LogP contribution in [0, 0.1) is 5.82 Å². The number of halogens is 1. The molecule has 0 unspecified atom stereocenters. The lowest BCUT2D eigenvalue weighted by molar-refractivity contribution is 0.0950. The Morgan fingerprint density at radius 3 is 2.79 bits per heavy atom. The highest BCUT2D eigenvalue weighted by atomic mass is 19.1. The first-order valence-electron chi connectivity index (χ1n) is 10.1. The van der Waals surface area contributed by atoms with Gasteiger partial charge in [0.2, 0.25) is 0 Å². The van der Waals surface area contributed by atoms with Gasteiger partial charge in [-0.25, -0.2) is 14.4 Å². The minimum atomic E-state index is -0.391. The molecule has 2 aromatic heterocycles. The van der Waals surface area contributed by atoms with Crippen LogP contribution in [0.15, 0.2) is 61.1 Å². The number of ether oxygens (including phenoxy) is 1. The first-order valence-corrected chi connectivity index (χ1v) is 10.1. The molecule has 0 aliphatic rings. The number of nitrogens with zero attached hydrogens (tertiary/aromatic N) is 5. The van der Waals surface area contributed by atoms with Gasteiger partial charge in [0.15, 0.2) is 11.6 Å². The fraction of sp³-hybridized carbons (Fsp3) is 0.174. The van der Waals surface area contributed by atoms with Crippen LogP contribution in [0.4, 0.5) is 10.1 Å². The Labute approximate surface area is 189 Å². The molecule has 4 aromatic rings. The second-order valence-corrected chi connectivity index (χ2v) is 7.17. The third-order valence-corrected chi connectivity index (χ3v) is 5.03. The van der Waals surface area contributed by atoms with Crippen LogP contribution in [0.25, 0.3) is 11.5 Å². The summed E-state index contributed by atoms with van der Waals surface area (Å²) in [6.07, 6.45) is 3.11. The van der Waals surface area contributed by atoms with Crippen LogP contribution >= 0.6 is 0 Å². The van der Waals surface area contributed by atoms with Crippen LogP contribution in [-0.2, 0) is 20.1 Å². The van der Waals surface area contributed by atoms with Gasteiger partial charge in [-0.2, -0.15) is 0 Å². The van der Waals surface area contributed by atoms with Gasteiger partial charge < -0.3 is 19.9 Å².